The minimum absolute atomic E-state index is 0.142. The number of carbonyl (C=O) groups is 2. The molecule has 174 valence electrons. The third-order valence-electron chi connectivity index (χ3n) is 5.23. The van der Waals surface area contributed by atoms with Crippen molar-refractivity contribution in [1.82, 2.24) is 5.32 Å². The first kappa shape index (κ1) is 23.2. The van der Waals surface area contributed by atoms with Crippen molar-refractivity contribution in [3.05, 3.63) is 51.9 Å². The van der Waals surface area contributed by atoms with E-state index >= 15 is 0 Å². The van der Waals surface area contributed by atoms with Crippen LogP contribution in [-0.2, 0) is 21.6 Å². The number of rotatable bonds is 5. The minimum atomic E-state index is -4.91. The van der Waals surface area contributed by atoms with Crippen LogP contribution in [0.25, 0.3) is 17.2 Å². The molecule has 2 aromatic rings. The standard InChI is InChI=1S/C23H20F3NO5S/c1-22(2)11-31-19-15(7-13(10-30-3)8-16(19)22)14-6-12(4-5-17(14)32-23(24,25)26)9-18-20(28)27-21(29)33-18/h4-9H,10-11H2,1-3H3,(H,27,28,29). The smallest absolute Gasteiger partial charge is 0.492 e. The van der Waals surface area contributed by atoms with Crippen LogP contribution in [0.15, 0.2) is 35.2 Å². The number of methoxy groups -OCH3 is 1. The van der Waals surface area contributed by atoms with Crippen LogP contribution in [0, 0.1) is 0 Å². The Morgan fingerprint density at radius 3 is 2.58 bits per heavy atom. The first-order valence-corrected chi connectivity index (χ1v) is 10.7. The molecule has 1 saturated heterocycles. The second-order valence-corrected chi connectivity index (χ2v) is 9.30. The zero-order valence-electron chi connectivity index (χ0n) is 18.0. The molecular weight excluding hydrogens is 459 g/mol. The molecule has 33 heavy (non-hydrogen) atoms. The highest BCUT2D eigenvalue weighted by Gasteiger charge is 2.37. The van der Waals surface area contributed by atoms with Gasteiger partial charge >= 0.3 is 6.36 Å². The van der Waals surface area contributed by atoms with Crippen molar-refractivity contribution in [2.45, 2.75) is 32.2 Å². The van der Waals surface area contributed by atoms with E-state index in [4.69, 9.17) is 9.47 Å². The van der Waals surface area contributed by atoms with Gasteiger partial charge in [0, 0.05) is 29.2 Å². The fourth-order valence-electron chi connectivity index (χ4n) is 3.76. The number of hydrogen-bond acceptors (Lipinski definition) is 6. The molecule has 4 rings (SSSR count). The summed E-state index contributed by atoms with van der Waals surface area (Å²) in [7, 11) is 1.53. The molecule has 0 aliphatic carbocycles. The lowest BCUT2D eigenvalue weighted by atomic mass is 9.84. The van der Waals surface area contributed by atoms with Crippen LogP contribution >= 0.6 is 11.8 Å². The van der Waals surface area contributed by atoms with Gasteiger partial charge in [-0.15, -0.1) is 13.2 Å². The Hall–Kier alpha value is -2.98. The molecule has 0 spiro atoms. The molecule has 0 saturated carbocycles. The Bertz CT molecular complexity index is 1170. The van der Waals surface area contributed by atoms with Crippen molar-refractivity contribution < 1.29 is 37.0 Å². The van der Waals surface area contributed by atoms with Crippen molar-refractivity contribution in [2.24, 2.45) is 0 Å². The predicted octanol–water partition coefficient (Wildman–Crippen LogP) is 5.39. The summed E-state index contributed by atoms with van der Waals surface area (Å²) in [6, 6.07) is 7.68. The Morgan fingerprint density at radius 1 is 1.18 bits per heavy atom. The average Bonchev–Trinajstić information content (AvgIpc) is 3.19. The number of imide groups is 1. The third kappa shape index (κ3) is 4.86. The van der Waals surface area contributed by atoms with Crippen LogP contribution < -0.4 is 14.8 Å². The predicted molar refractivity (Wildman–Crippen MR) is 117 cm³/mol. The van der Waals surface area contributed by atoms with E-state index in [0.717, 1.165) is 22.9 Å². The van der Waals surface area contributed by atoms with Crippen molar-refractivity contribution >= 4 is 29.0 Å². The van der Waals surface area contributed by atoms with E-state index in [0.29, 0.717) is 23.5 Å². The molecule has 1 fully saturated rings. The Kier molecular flexibility index (Phi) is 5.92. The molecule has 1 N–H and O–H groups in total. The second-order valence-electron chi connectivity index (χ2n) is 8.28. The van der Waals surface area contributed by atoms with Crippen molar-refractivity contribution in [1.29, 1.82) is 0 Å². The molecule has 0 atom stereocenters. The fraction of sp³-hybridized carbons (Fsp3) is 0.304. The molecule has 6 nitrogen and oxygen atoms in total. The molecule has 2 heterocycles. The van der Waals surface area contributed by atoms with Crippen molar-refractivity contribution in [3.63, 3.8) is 0 Å². The van der Waals surface area contributed by atoms with E-state index in [1.165, 1.54) is 31.4 Å². The topological polar surface area (TPSA) is 73.9 Å². The summed E-state index contributed by atoms with van der Waals surface area (Å²) in [6.45, 7) is 4.60. The van der Waals surface area contributed by atoms with E-state index in [9.17, 15) is 22.8 Å². The second kappa shape index (κ2) is 8.42. The number of thioether (sulfide) groups is 1. The van der Waals surface area contributed by atoms with Crippen LogP contribution in [0.4, 0.5) is 18.0 Å². The van der Waals surface area contributed by atoms with E-state index in [1.54, 1.807) is 6.07 Å². The molecule has 2 amide bonds. The molecular formula is C23H20F3NO5S. The van der Waals surface area contributed by atoms with Crippen molar-refractivity contribution in [3.8, 4) is 22.6 Å². The number of benzene rings is 2. The molecule has 0 unspecified atom stereocenters. The van der Waals surface area contributed by atoms with Gasteiger partial charge in [-0.3, -0.25) is 14.9 Å². The molecule has 2 aliphatic heterocycles. The van der Waals surface area contributed by atoms with Gasteiger partial charge in [0.15, 0.2) is 0 Å². The normalized spacial score (nSPS) is 18.3. The van der Waals surface area contributed by atoms with Gasteiger partial charge < -0.3 is 14.2 Å². The Morgan fingerprint density at radius 2 is 1.94 bits per heavy atom. The van der Waals surface area contributed by atoms with Crippen LogP contribution in [0.1, 0.15) is 30.5 Å². The van der Waals surface area contributed by atoms with Crippen LogP contribution in [-0.4, -0.2) is 31.2 Å². The number of amides is 2. The number of alkyl halides is 3. The Balaban J connectivity index is 1.91. The van der Waals surface area contributed by atoms with Gasteiger partial charge in [0.2, 0.25) is 0 Å². The zero-order valence-corrected chi connectivity index (χ0v) is 18.8. The summed E-state index contributed by atoms with van der Waals surface area (Å²) in [6.07, 6.45) is -3.47. The third-order valence-corrected chi connectivity index (χ3v) is 6.04. The summed E-state index contributed by atoms with van der Waals surface area (Å²) >= 11 is 0.722. The minimum Gasteiger partial charge on any atom is -0.492 e. The lowest BCUT2D eigenvalue weighted by Gasteiger charge is -2.19. The monoisotopic (exact) mass is 479 g/mol. The lowest BCUT2D eigenvalue weighted by Crippen LogP contribution is -2.18. The van der Waals surface area contributed by atoms with Crippen molar-refractivity contribution in [2.75, 3.05) is 13.7 Å². The van der Waals surface area contributed by atoms with Crippen LogP contribution in [0.2, 0.25) is 0 Å². The van der Waals surface area contributed by atoms with Crippen LogP contribution in [0.5, 0.6) is 11.5 Å². The maximum Gasteiger partial charge on any atom is 0.573 e. The van der Waals surface area contributed by atoms with Gasteiger partial charge in [0.25, 0.3) is 11.1 Å². The summed E-state index contributed by atoms with van der Waals surface area (Å²) in [5.41, 5.74) is 2.26. The van der Waals surface area contributed by atoms with Crippen LogP contribution in [0.3, 0.4) is 0 Å². The van der Waals surface area contributed by atoms with Gasteiger partial charge in [0.1, 0.15) is 11.5 Å². The highest BCUT2D eigenvalue weighted by molar-refractivity contribution is 8.18. The fourth-order valence-corrected chi connectivity index (χ4v) is 4.44. The summed E-state index contributed by atoms with van der Waals surface area (Å²) < 4.78 is 55.0. The maximum atomic E-state index is 13.2. The van der Waals surface area contributed by atoms with E-state index < -0.39 is 23.3 Å². The molecule has 0 radical (unpaired) electrons. The number of ether oxygens (including phenoxy) is 3. The Labute approximate surface area is 192 Å². The number of nitrogens with one attached hydrogen (secondary N) is 1. The van der Waals surface area contributed by atoms with Gasteiger partial charge in [-0.1, -0.05) is 19.9 Å². The number of carbonyl (C=O) groups excluding carboxylic acids is 2. The van der Waals surface area contributed by atoms with E-state index in [1.807, 2.05) is 19.9 Å². The SMILES string of the molecule is COCc1cc(-c2cc(C=C3SC(=O)NC3=O)ccc2OC(F)(F)F)c2c(c1)C(C)(C)CO2. The highest BCUT2D eigenvalue weighted by Crippen LogP contribution is 2.48. The summed E-state index contributed by atoms with van der Waals surface area (Å²) in [5, 5.41) is 1.64. The first-order valence-electron chi connectivity index (χ1n) is 9.91. The largest absolute Gasteiger partial charge is 0.573 e. The molecule has 0 aromatic heterocycles. The van der Waals surface area contributed by atoms with Gasteiger partial charge in [0.05, 0.1) is 18.1 Å². The molecule has 0 bridgehead atoms. The number of hydrogen-bond donors (Lipinski definition) is 1. The molecule has 2 aromatic carbocycles. The summed E-state index contributed by atoms with van der Waals surface area (Å²) in [5.74, 6) is -0.496. The van der Waals surface area contributed by atoms with E-state index in [2.05, 4.69) is 10.1 Å². The van der Waals surface area contributed by atoms with Gasteiger partial charge in [-0.05, 0) is 53.2 Å². The quantitative estimate of drug-likeness (QED) is 0.580. The number of fused-ring (bicyclic) bond motifs is 1. The van der Waals surface area contributed by atoms with Gasteiger partial charge in [-0.2, -0.15) is 0 Å². The average molecular weight is 479 g/mol. The molecule has 10 heteroatoms. The number of halogens is 3. The van der Waals surface area contributed by atoms with Gasteiger partial charge in [-0.25, -0.2) is 0 Å². The highest BCUT2D eigenvalue weighted by atomic mass is 32.2. The first-order chi connectivity index (χ1) is 15.5. The maximum absolute atomic E-state index is 13.2. The molecule has 2 aliphatic rings. The van der Waals surface area contributed by atoms with E-state index in [-0.39, 0.29) is 22.5 Å². The zero-order chi connectivity index (χ0) is 24.0. The summed E-state index contributed by atoms with van der Waals surface area (Å²) in [4.78, 5) is 23.5. The lowest BCUT2D eigenvalue weighted by molar-refractivity contribution is -0.274.